The van der Waals surface area contributed by atoms with Gasteiger partial charge in [0.15, 0.2) is 0 Å². The maximum absolute atomic E-state index is 12.3. The molecule has 22 heavy (non-hydrogen) atoms. The topological polar surface area (TPSA) is 52.6 Å². The van der Waals surface area contributed by atoms with Gasteiger partial charge in [-0.1, -0.05) is 26.0 Å². The SMILES string of the molecule is CC(C)CCN(c1ccccc1N1CCNCC1)S(C)(=O)=O. The van der Waals surface area contributed by atoms with E-state index < -0.39 is 10.0 Å². The van der Waals surface area contributed by atoms with Gasteiger partial charge in [0.25, 0.3) is 0 Å². The fourth-order valence-corrected chi connectivity index (χ4v) is 3.64. The number of nitrogens with one attached hydrogen (secondary N) is 1. The maximum atomic E-state index is 12.3. The molecule has 1 N–H and O–H groups in total. The van der Waals surface area contributed by atoms with Gasteiger partial charge >= 0.3 is 0 Å². The summed E-state index contributed by atoms with van der Waals surface area (Å²) in [5.41, 5.74) is 1.81. The first-order valence-electron chi connectivity index (χ1n) is 7.92. The minimum Gasteiger partial charge on any atom is -0.367 e. The van der Waals surface area contributed by atoms with Crippen LogP contribution in [0.1, 0.15) is 20.3 Å². The third-order valence-electron chi connectivity index (χ3n) is 3.92. The average molecular weight is 325 g/mol. The number of hydrogen-bond acceptors (Lipinski definition) is 4. The fraction of sp³-hybridized carbons (Fsp3) is 0.625. The molecule has 1 saturated heterocycles. The Morgan fingerprint density at radius 1 is 1.23 bits per heavy atom. The second-order valence-electron chi connectivity index (χ2n) is 6.24. The zero-order valence-electron chi connectivity index (χ0n) is 13.7. The highest BCUT2D eigenvalue weighted by atomic mass is 32.2. The average Bonchev–Trinajstić information content (AvgIpc) is 2.47. The first kappa shape index (κ1) is 17.1. The lowest BCUT2D eigenvalue weighted by atomic mass is 10.1. The number of anilines is 2. The van der Waals surface area contributed by atoms with Crippen molar-refractivity contribution in [1.82, 2.24) is 5.32 Å². The molecule has 0 spiro atoms. The van der Waals surface area contributed by atoms with E-state index in [1.807, 2.05) is 24.3 Å². The van der Waals surface area contributed by atoms with Gasteiger partial charge in [0.05, 0.1) is 17.6 Å². The van der Waals surface area contributed by atoms with E-state index in [-0.39, 0.29) is 0 Å². The van der Waals surface area contributed by atoms with E-state index >= 15 is 0 Å². The predicted octanol–water partition coefficient (Wildman–Crippen LogP) is 1.91. The van der Waals surface area contributed by atoms with Crippen molar-refractivity contribution in [1.29, 1.82) is 0 Å². The van der Waals surface area contributed by atoms with Gasteiger partial charge in [0.2, 0.25) is 10.0 Å². The molecule has 0 saturated carbocycles. The number of rotatable bonds is 6. The van der Waals surface area contributed by atoms with Gasteiger partial charge in [-0.3, -0.25) is 4.31 Å². The van der Waals surface area contributed by atoms with Crippen LogP contribution in [-0.2, 0) is 10.0 Å². The van der Waals surface area contributed by atoms with Crippen LogP contribution in [0.15, 0.2) is 24.3 Å². The van der Waals surface area contributed by atoms with Crippen molar-refractivity contribution >= 4 is 21.4 Å². The quantitative estimate of drug-likeness (QED) is 0.868. The van der Waals surface area contributed by atoms with E-state index in [2.05, 4.69) is 24.1 Å². The van der Waals surface area contributed by atoms with Crippen molar-refractivity contribution in [3.05, 3.63) is 24.3 Å². The molecule has 124 valence electrons. The summed E-state index contributed by atoms with van der Waals surface area (Å²) in [5.74, 6) is 0.468. The molecule has 1 heterocycles. The molecule has 5 nitrogen and oxygen atoms in total. The molecule has 0 aromatic heterocycles. The van der Waals surface area contributed by atoms with Crippen molar-refractivity contribution < 1.29 is 8.42 Å². The number of sulfonamides is 1. The van der Waals surface area contributed by atoms with Crippen molar-refractivity contribution in [2.24, 2.45) is 5.92 Å². The zero-order valence-corrected chi connectivity index (χ0v) is 14.6. The van der Waals surface area contributed by atoms with Crippen LogP contribution in [0, 0.1) is 5.92 Å². The summed E-state index contributed by atoms with van der Waals surface area (Å²) in [4.78, 5) is 2.26. The van der Waals surface area contributed by atoms with E-state index in [4.69, 9.17) is 0 Å². The molecule has 1 aromatic carbocycles. The number of benzene rings is 1. The maximum Gasteiger partial charge on any atom is 0.232 e. The molecule has 0 radical (unpaired) electrons. The van der Waals surface area contributed by atoms with E-state index in [0.29, 0.717) is 12.5 Å². The molecule has 1 aromatic rings. The summed E-state index contributed by atoms with van der Waals surface area (Å²) in [6.45, 7) is 8.42. The summed E-state index contributed by atoms with van der Waals surface area (Å²) in [6, 6.07) is 7.82. The van der Waals surface area contributed by atoms with Crippen molar-refractivity contribution in [2.75, 3.05) is 48.2 Å². The standard InChI is InChI=1S/C16H27N3O2S/c1-14(2)8-11-19(22(3,20)21)16-7-5-4-6-15(16)18-12-9-17-10-13-18/h4-7,14,17H,8-13H2,1-3H3. The molecule has 1 fully saturated rings. The molecular weight excluding hydrogens is 298 g/mol. The first-order chi connectivity index (χ1) is 10.4. The van der Waals surface area contributed by atoms with Crippen LogP contribution in [0.5, 0.6) is 0 Å². The van der Waals surface area contributed by atoms with Gasteiger partial charge in [-0.2, -0.15) is 0 Å². The molecule has 1 aliphatic heterocycles. The lowest BCUT2D eigenvalue weighted by Gasteiger charge is -2.34. The number of para-hydroxylation sites is 2. The van der Waals surface area contributed by atoms with Crippen LogP contribution in [0.4, 0.5) is 11.4 Å². The summed E-state index contributed by atoms with van der Waals surface area (Å²) in [6.07, 6.45) is 2.14. The van der Waals surface area contributed by atoms with Crippen molar-refractivity contribution in [2.45, 2.75) is 20.3 Å². The third-order valence-corrected chi connectivity index (χ3v) is 5.10. The van der Waals surface area contributed by atoms with Gasteiger partial charge < -0.3 is 10.2 Å². The van der Waals surface area contributed by atoms with Crippen LogP contribution in [0.3, 0.4) is 0 Å². The summed E-state index contributed by atoms with van der Waals surface area (Å²) >= 11 is 0. The van der Waals surface area contributed by atoms with E-state index in [1.165, 1.54) is 6.26 Å². The van der Waals surface area contributed by atoms with E-state index in [1.54, 1.807) is 4.31 Å². The molecule has 6 heteroatoms. The summed E-state index contributed by atoms with van der Waals surface area (Å²) in [7, 11) is -3.28. The second kappa shape index (κ2) is 7.33. The molecule has 0 aliphatic carbocycles. The minimum atomic E-state index is -3.28. The van der Waals surface area contributed by atoms with Crippen LogP contribution >= 0.6 is 0 Å². The number of piperazine rings is 1. The van der Waals surface area contributed by atoms with Crippen LogP contribution in [-0.4, -0.2) is 47.4 Å². The molecule has 0 amide bonds. The minimum absolute atomic E-state index is 0.468. The highest BCUT2D eigenvalue weighted by Gasteiger charge is 2.23. The normalized spacial score (nSPS) is 16.1. The zero-order chi connectivity index (χ0) is 16.2. The van der Waals surface area contributed by atoms with Gasteiger partial charge in [-0.25, -0.2) is 8.42 Å². The van der Waals surface area contributed by atoms with Crippen molar-refractivity contribution in [3.63, 3.8) is 0 Å². The second-order valence-corrected chi connectivity index (χ2v) is 8.15. The Hall–Kier alpha value is -1.27. The van der Waals surface area contributed by atoms with Gasteiger partial charge in [0.1, 0.15) is 0 Å². The Balaban J connectivity index is 2.34. The lowest BCUT2D eigenvalue weighted by Crippen LogP contribution is -2.44. The smallest absolute Gasteiger partial charge is 0.232 e. The van der Waals surface area contributed by atoms with E-state index in [9.17, 15) is 8.42 Å². The largest absolute Gasteiger partial charge is 0.367 e. The number of hydrogen-bond donors (Lipinski definition) is 1. The van der Waals surface area contributed by atoms with Crippen LogP contribution < -0.4 is 14.5 Å². The Bertz CT molecular complexity index is 581. The first-order valence-corrected chi connectivity index (χ1v) is 9.77. The summed E-state index contributed by atoms with van der Waals surface area (Å²) in [5, 5.41) is 3.33. The predicted molar refractivity (Wildman–Crippen MR) is 93.2 cm³/mol. The third kappa shape index (κ3) is 4.36. The summed E-state index contributed by atoms with van der Waals surface area (Å²) < 4.78 is 26.1. The Kier molecular flexibility index (Phi) is 5.69. The monoisotopic (exact) mass is 325 g/mol. The molecule has 0 atom stereocenters. The Morgan fingerprint density at radius 2 is 1.86 bits per heavy atom. The van der Waals surface area contributed by atoms with Crippen LogP contribution in [0.25, 0.3) is 0 Å². The number of nitrogens with zero attached hydrogens (tertiary/aromatic N) is 2. The molecule has 2 rings (SSSR count). The highest BCUT2D eigenvalue weighted by Crippen LogP contribution is 2.31. The Morgan fingerprint density at radius 3 is 2.45 bits per heavy atom. The van der Waals surface area contributed by atoms with Gasteiger partial charge in [0, 0.05) is 32.7 Å². The Labute approximate surface area is 134 Å². The molecular formula is C16H27N3O2S. The van der Waals surface area contributed by atoms with E-state index in [0.717, 1.165) is 44.0 Å². The molecule has 0 bridgehead atoms. The molecule has 1 aliphatic rings. The van der Waals surface area contributed by atoms with Gasteiger partial charge in [-0.15, -0.1) is 0 Å². The van der Waals surface area contributed by atoms with Crippen LogP contribution in [0.2, 0.25) is 0 Å². The lowest BCUT2D eigenvalue weighted by molar-refractivity contribution is 0.570. The fourth-order valence-electron chi connectivity index (χ4n) is 2.69. The molecule has 0 unspecified atom stereocenters. The highest BCUT2D eigenvalue weighted by molar-refractivity contribution is 7.92. The van der Waals surface area contributed by atoms with Gasteiger partial charge in [-0.05, 0) is 24.5 Å². The van der Waals surface area contributed by atoms with Crippen molar-refractivity contribution in [3.8, 4) is 0 Å².